The molecule has 0 radical (unpaired) electrons. The number of hydrogen-bond donors (Lipinski definition) is 1. The van der Waals surface area contributed by atoms with E-state index in [2.05, 4.69) is 0 Å². The van der Waals surface area contributed by atoms with E-state index in [1.54, 1.807) is 6.07 Å². The summed E-state index contributed by atoms with van der Waals surface area (Å²) in [6.07, 6.45) is 3.75. The van der Waals surface area contributed by atoms with Gasteiger partial charge >= 0.3 is 0 Å². The van der Waals surface area contributed by atoms with Crippen molar-refractivity contribution in [1.82, 2.24) is 0 Å². The maximum Gasteiger partial charge on any atom is 0.159 e. The first-order valence-corrected chi connectivity index (χ1v) is 8.74. The molecule has 1 atom stereocenters. The molecule has 1 aliphatic carbocycles. The highest BCUT2D eigenvalue weighted by Crippen LogP contribution is 2.33. The summed E-state index contributed by atoms with van der Waals surface area (Å²) in [5.74, 6) is -0.797. The van der Waals surface area contributed by atoms with Gasteiger partial charge < -0.3 is 5.11 Å². The van der Waals surface area contributed by atoms with Crippen molar-refractivity contribution in [2.24, 2.45) is 0 Å². The molecule has 2 rings (SSSR count). The van der Waals surface area contributed by atoms with E-state index < -0.39 is 26.5 Å². The number of rotatable bonds is 4. The predicted octanol–water partition coefficient (Wildman–Crippen LogP) is 3.00. The molecule has 1 N–H and O–H groups in total. The van der Waals surface area contributed by atoms with E-state index >= 15 is 0 Å². The summed E-state index contributed by atoms with van der Waals surface area (Å²) in [5, 5.41) is 9.46. The maximum atomic E-state index is 13.7. The van der Waals surface area contributed by atoms with Gasteiger partial charge in [0.15, 0.2) is 9.84 Å². The Morgan fingerprint density at radius 3 is 2.45 bits per heavy atom. The maximum absolute atomic E-state index is 13.7. The molecule has 0 saturated heterocycles. The number of sulfone groups is 1. The molecule has 1 fully saturated rings. The molecule has 0 spiro atoms. The van der Waals surface area contributed by atoms with Crippen LogP contribution in [0.3, 0.4) is 0 Å². The van der Waals surface area contributed by atoms with Gasteiger partial charge in [-0.3, -0.25) is 0 Å². The summed E-state index contributed by atoms with van der Waals surface area (Å²) in [5.41, 5.74) is -0.969. The lowest BCUT2D eigenvalue weighted by molar-refractivity contribution is 0.0255. The monoisotopic (exact) mass is 300 g/mol. The highest BCUT2D eigenvalue weighted by atomic mass is 32.2. The van der Waals surface area contributed by atoms with Gasteiger partial charge in [0.25, 0.3) is 0 Å². The van der Waals surface area contributed by atoms with Crippen LogP contribution in [-0.4, -0.2) is 24.9 Å². The van der Waals surface area contributed by atoms with E-state index in [4.69, 9.17) is 0 Å². The lowest BCUT2D eigenvalue weighted by Crippen LogP contribution is -2.40. The fraction of sp³-hybridized carbons (Fsp3) is 0.600. The molecule has 1 aromatic carbocycles. The van der Waals surface area contributed by atoms with E-state index in [9.17, 15) is 17.9 Å². The standard InChI is InChI=1S/C15H21FO3S/c1-12(13-7-3-4-8-14(13)16)20(18,19)11-15(17)9-5-2-6-10-15/h3-4,7-8,12,17H,2,5-6,9-11H2,1H3. The molecule has 1 aliphatic rings. The summed E-state index contributed by atoms with van der Waals surface area (Å²) in [7, 11) is -3.58. The first kappa shape index (κ1) is 15.4. The fourth-order valence-corrected chi connectivity index (χ4v) is 4.72. The highest BCUT2D eigenvalue weighted by Gasteiger charge is 2.37. The molecule has 0 amide bonds. The van der Waals surface area contributed by atoms with Gasteiger partial charge in [-0.1, -0.05) is 37.5 Å². The largest absolute Gasteiger partial charge is 0.389 e. The van der Waals surface area contributed by atoms with Gasteiger partial charge in [0.05, 0.1) is 16.6 Å². The Morgan fingerprint density at radius 1 is 1.25 bits per heavy atom. The van der Waals surface area contributed by atoms with Gasteiger partial charge in [0, 0.05) is 5.56 Å². The number of halogens is 1. The average Bonchev–Trinajstić information content (AvgIpc) is 2.38. The molecular formula is C15H21FO3S. The Bertz CT molecular complexity index is 562. The minimum atomic E-state index is -3.58. The van der Waals surface area contributed by atoms with E-state index in [0.29, 0.717) is 12.8 Å². The molecule has 0 aliphatic heterocycles. The molecule has 0 aromatic heterocycles. The first-order valence-electron chi connectivity index (χ1n) is 7.02. The average molecular weight is 300 g/mol. The zero-order valence-corrected chi connectivity index (χ0v) is 12.5. The second-order valence-electron chi connectivity index (χ2n) is 5.76. The molecular weight excluding hydrogens is 279 g/mol. The van der Waals surface area contributed by atoms with Crippen molar-refractivity contribution >= 4 is 9.84 Å². The van der Waals surface area contributed by atoms with Crippen LogP contribution in [0.5, 0.6) is 0 Å². The normalized spacial score (nSPS) is 20.6. The molecule has 112 valence electrons. The van der Waals surface area contributed by atoms with Crippen molar-refractivity contribution in [3.05, 3.63) is 35.6 Å². The molecule has 1 aromatic rings. The van der Waals surface area contributed by atoms with Crippen LogP contribution in [0, 0.1) is 5.82 Å². The van der Waals surface area contributed by atoms with Crippen LogP contribution in [-0.2, 0) is 9.84 Å². The van der Waals surface area contributed by atoms with Gasteiger partial charge in [-0.05, 0) is 25.8 Å². The second kappa shape index (κ2) is 5.82. The summed E-state index contributed by atoms with van der Waals surface area (Å²) in [6, 6.07) is 5.91. The summed E-state index contributed by atoms with van der Waals surface area (Å²) < 4.78 is 38.6. The van der Waals surface area contributed by atoms with Crippen LogP contribution in [0.25, 0.3) is 0 Å². The Balaban J connectivity index is 2.20. The highest BCUT2D eigenvalue weighted by molar-refractivity contribution is 7.91. The second-order valence-corrected chi connectivity index (χ2v) is 8.08. The van der Waals surface area contributed by atoms with Gasteiger partial charge in [0.1, 0.15) is 5.82 Å². The Morgan fingerprint density at radius 2 is 1.85 bits per heavy atom. The smallest absolute Gasteiger partial charge is 0.159 e. The minimum Gasteiger partial charge on any atom is -0.389 e. The number of benzene rings is 1. The Kier molecular flexibility index (Phi) is 4.49. The summed E-state index contributed by atoms with van der Waals surface area (Å²) in [6.45, 7) is 1.49. The zero-order chi connectivity index (χ0) is 14.8. The van der Waals surface area contributed by atoms with Crippen LogP contribution < -0.4 is 0 Å². The molecule has 1 saturated carbocycles. The van der Waals surface area contributed by atoms with E-state index in [0.717, 1.165) is 19.3 Å². The SMILES string of the molecule is CC(c1ccccc1F)S(=O)(=O)CC1(O)CCCCC1. The van der Waals surface area contributed by atoms with Crippen molar-refractivity contribution in [3.63, 3.8) is 0 Å². The third-order valence-corrected chi connectivity index (χ3v) is 6.41. The van der Waals surface area contributed by atoms with Crippen molar-refractivity contribution in [3.8, 4) is 0 Å². The van der Waals surface area contributed by atoms with Crippen molar-refractivity contribution in [1.29, 1.82) is 0 Å². The van der Waals surface area contributed by atoms with Crippen LogP contribution in [0.15, 0.2) is 24.3 Å². The Labute approximate surface area is 119 Å². The summed E-state index contributed by atoms with van der Waals surface area (Å²) in [4.78, 5) is 0. The van der Waals surface area contributed by atoms with E-state index in [1.165, 1.54) is 25.1 Å². The molecule has 3 nitrogen and oxygen atoms in total. The van der Waals surface area contributed by atoms with Gasteiger partial charge in [0.2, 0.25) is 0 Å². The number of aliphatic hydroxyl groups is 1. The number of hydrogen-bond acceptors (Lipinski definition) is 3. The molecule has 0 bridgehead atoms. The minimum absolute atomic E-state index is 0.173. The van der Waals surface area contributed by atoms with E-state index in [-0.39, 0.29) is 11.3 Å². The van der Waals surface area contributed by atoms with Crippen LogP contribution in [0.4, 0.5) is 4.39 Å². The third-order valence-electron chi connectivity index (χ3n) is 4.14. The topological polar surface area (TPSA) is 54.4 Å². The first-order chi connectivity index (χ1) is 9.34. The zero-order valence-electron chi connectivity index (χ0n) is 11.7. The van der Waals surface area contributed by atoms with Crippen LogP contribution in [0.2, 0.25) is 0 Å². The van der Waals surface area contributed by atoms with Crippen molar-refractivity contribution in [2.75, 3.05) is 5.75 Å². The molecule has 5 heteroatoms. The molecule has 0 heterocycles. The predicted molar refractivity (Wildman–Crippen MR) is 76.6 cm³/mol. The quantitative estimate of drug-likeness (QED) is 0.930. The lowest BCUT2D eigenvalue weighted by Gasteiger charge is -2.32. The van der Waals surface area contributed by atoms with Crippen LogP contribution >= 0.6 is 0 Å². The Hall–Kier alpha value is -0.940. The van der Waals surface area contributed by atoms with E-state index in [1.807, 2.05) is 0 Å². The van der Waals surface area contributed by atoms with Gasteiger partial charge in [-0.25, -0.2) is 12.8 Å². The lowest BCUT2D eigenvalue weighted by atomic mass is 9.86. The fourth-order valence-electron chi connectivity index (χ4n) is 2.85. The summed E-state index contributed by atoms with van der Waals surface area (Å²) >= 11 is 0. The van der Waals surface area contributed by atoms with Crippen LogP contribution in [0.1, 0.15) is 49.8 Å². The molecule has 20 heavy (non-hydrogen) atoms. The third kappa shape index (κ3) is 3.38. The molecule has 1 unspecified atom stereocenters. The van der Waals surface area contributed by atoms with Gasteiger partial charge in [-0.15, -0.1) is 0 Å². The van der Waals surface area contributed by atoms with Gasteiger partial charge in [-0.2, -0.15) is 0 Å². The van der Waals surface area contributed by atoms with Crippen molar-refractivity contribution in [2.45, 2.75) is 49.9 Å². The van der Waals surface area contributed by atoms with Crippen molar-refractivity contribution < 1.29 is 17.9 Å².